The number of amides is 3. The van der Waals surface area contributed by atoms with Gasteiger partial charge in [-0.25, -0.2) is 9.97 Å². The number of aromatic nitrogens is 3. The van der Waals surface area contributed by atoms with E-state index >= 15 is 0 Å². The van der Waals surface area contributed by atoms with Crippen molar-refractivity contribution in [3.63, 3.8) is 0 Å². The van der Waals surface area contributed by atoms with Crippen molar-refractivity contribution in [2.24, 2.45) is 7.05 Å². The summed E-state index contributed by atoms with van der Waals surface area (Å²) in [5.74, 6) is -0.309. The van der Waals surface area contributed by atoms with Gasteiger partial charge < -0.3 is 26.2 Å². The minimum absolute atomic E-state index is 0.0183. The van der Waals surface area contributed by atoms with Crippen molar-refractivity contribution in [2.75, 3.05) is 93.3 Å². The minimum Gasteiger partial charge on any atom is -0.399 e. The van der Waals surface area contributed by atoms with Crippen molar-refractivity contribution < 1.29 is 27.6 Å². The Kier molecular flexibility index (Phi) is 15.6. The Morgan fingerprint density at radius 2 is 1.48 bits per heavy atom. The molecule has 3 amide bonds. The Balaban J connectivity index is 0.751. The summed E-state index contributed by atoms with van der Waals surface area (Å²) in [5, 5.41) is 9.45. The zero-order chi connectivity index (χ0) is 46.1. The zero-order valence-electron chi connectivity index (χ0n) is 37.5. The number of carbonyl (C=O) groups is 3. The molecule has 2 atom stereocenters. The van der Waals surface area contributed by atoms with Gasteiger partial charge >= 0.3 is 6.18 Å². The highest BCUT2D eigenvalue weighted by atomic mass is 19.4. The molecule has 18 heteroatoms. The van der Waals surface area contributed by atoms with E-state index in [1.165, 1.54) is 49.1 Å². The van der Waals surface area contributed by atoms with E-state index in [9.17, 15) is 32.3 Å². The number of rotatable bonds is 18. The number of benzene rings is 2. The summed E-state index contributed by atoms with van der Waals surface area (Å²) in [6, 6.07) is 12.3. The number of pyridine rings is 1. The molecule has 1 unspecified atom stereocenters. The first-order valence-corrected chi connectivity index (χ1v) is 23.0. The Morgan fingerprint density at radius 1 is 0.846 bits per heavy atom. The van der Waals surface area contributed by atoms with Crippen molar-refractivity contribution in [1.82, 2.24) is 34.6 Å². The van der Waals surface area contributed by atoms with E-state index in [4.69, 9.17) is 5.73 Å². The molecule has 0 saturated carbocycles. The van der Waals surface area contributed by atoms with Crippen LogP contribution in [0.1, 0.15) is 93.4 Å². The van der Waals surface area contributed by atoms with E-state index in [2.05, 4.69) is 40.6 Å². The number of halogens is 3. The van der Waals surface area contributed by atoms with Crippen LogP contribution >= 0.6 is 0 Å². The standard InChI is InChI=1S/C47H62F3N11O4/c1-32(34-26-35(47(48,49)50)28-36(51)27-34)55-43-39-29-40(46(65)57(2)44(39)54-31-53-43)60-22-18-58(19-23-60)16-8-6-4-3-5-7-9-17-59-20-24-61(25-21-59)42(63)30-52-37-12-10-33(11-13-37)38-14-15-41(62)56-45(38)64/h10-13,26-29,31-32,38,52H,3-9,14-25,30,51H2,1-2H3,(H,53,54,55)(H,56,62,64)/t32-,38?/m1/s1. The fraction of sp³-hybridized carbons (Fsp3) is 0.532. The fourth-order valence-electron chi connectivity index (χ4n) is 9.10. The molecule has 2 aromatic carbocycles. The molecule has 5 heterocycles. The summed E-state index contributed by atoms with van der Waals surface area (Å²) in [4.78, 5) is 67.8. The van der Waals surface area contributed by atoms with Crippen LogP contribution < -0.4 is 32.1 Å². The second-order valence-corrected chi connectivity index (χ2v) is 17.6. The predicted molar refractivity (Wildman–Crippen MR) is 247 cm³/mol. The molecule has 3 saturated heterocycles. The number of piperazine rings is 2. The van der Waals surface area contributed by atoms with Gasteiger partial charge in [0.25, 0.3) is 5.56 Å². The van der Waals surface area contributed by atoms with Gasteiger partial charge in [-0.2, -0.15) is 13.2 Å². The quantitative estimate of drug-likeness (QED) is 0.0544. The van der Waals surface area contributed by atoms with Crippen LogP contribution in [0, 0.1) is 0 Å². The third-order valence-electron chi connectivity index (χ3n) is 13.0. The number of hydrogen-bond acceptors (Lipinski definition) is 12. The molecule has 0 aliphatic carbocycles. The van der Waals surface area contributed by atoms with E-state index in [1.54, 1.807) is 20.0 Å². The van der Waals surface area contributed by atoms with E-state index in [0.29, 0.717) is 54.0 Å². The molecule has 65 heavy (non-hydrogen) atoms. The van der Waals surface area contributed by atoms with E-state index in [-0.39, 0.29) is 41.4 Å². The third kappa shape index (κ3) is 12.3. The van der Waals surface area contributed by atoms with Crippen LogP contribution in [0.15, 0.2) is 59.7 Å². The average molecular weight is 902 g/mol. The normalized spacial score (nSPS) is 18.2. The van der Waals surface area contributed by atoms with Crippen LogP contribution in [0.5, 0.6) is 0 Å². The molecule has 15 nitrogen and oxygen atoms in total. The number of nitrogen functional groups attached to an aromatic ring is 1. The molecule has 350 valence electrons. The molecule has 3 fully saturated rings. The van der Waals surface area contributed by atoms with E-state index in [1.807, 2.05) is 29.2 Å². The molecule has 0 bridgehead atoms. The number of nitrogens with zero attached hydrogens (tertiary/aromatic N) is 7. The molecule has 5 N–H and O–H groups in total. The number of aryl methyl sites for hydroxylation is 1. The van der Waals surface area contributed by atoms with Gasteiger partial charge in [0.1, 0.15) is 23.5 Å². The zero-order valence-corrected chi connectivity index (χ0v) is 37.5. The minimum atomic E-state index is -4.53. The predicted octanol–water partition coefficient (Wildman–Crippen LogP) is 5.73. The van der Waals surface area contributed by atoms with Gasteiger partial charge in [0.15, 0.2) is 0 Å². The summed E-state index contributed by atoms with van der Waals surface area (Å²) in [6.45, 7) is 10.4. The van der Waals surface area contributed by atoms with Gasteiger partial charge in [-0.05, 0) is 86.8 Å². The lowest BCUT2D eigenvalue weighted by atomic mass is 9.90. The van der Waals surface area contributed by atoms with Crippen molar-refractivity contribution in [3.05, 3.63) is 81.9 Å². The summed E-state index contributed by atoms with van der Waals surface area (Å²) in [5.41, 5.74) is 7.89. The first-order valence-electron chi connectivity index (χ1n) is 23.0. The SMILES string of the molecule is C[C@@H](Nc1ncnc2c1cc(N1CCN(CCCCCCCCCN3CCN(C(=O)CNc4ccc(C5CCC(=O)NC5=O)cc4)CC3)CC1)c(=O)n2C)c1cc(N)cc(C(F)(F)F)c1. The highest BCUT2D eigenvalue weighted by Crippen LogP contribution is 2.34. The smallest absolute Gasteiger partial charge is 0.399 e. The molecular weight excluding hydrogens is 840 g/mol. The van der Waals surface area contributed by atoms with Crippen molar-refractivity contribution in [3.8, 4) is 0 Å². The largest absolute Gasteiger partial charge is 0.416 e. The Hall–Kier alpha value is -5.75. The third-order valence-corrected chi connectivity index (χ3v) is 13.0. The molecule has 3 aliphatic heterocycles. The number of imide groups is 1. The van der Waals surface area contributed by atoms with Crippen LogP contribution in [0.25, 0.3) is 11.0 Å². The van der Waals surface area contributed by atoms with Gasteiger partial charge in [0.2, 0.25) is 17.7 Å². The molecule has 7 rings (SSSR count). The van der Waals surface area contributed by atoms with Gasteiger partial charge in [0.05, 0.1) is 29.5 Å². The second kappa shape index (κ2) is 21.5. The van der Waals surface area contributed by atoms with Gasteiger partial charge in [-0.15, -0.1) is 0 Å². The summed E-state index contributed by atoms with van der Waals surface area (Å²) < 4.78 is 42.0. The maximum Gasteiger partial charge on any atom is 0.416 e. The van der Waals surface area contributed by atoms with Gasteiger partial charge in [0, 0.05) is 77.2 Å². The average Bonchev–Trinajstić information content (AvgIpc) is 3.29. The number of carbonyl (C=O) groups excluding carboxylic acids is 3. The van der Waals surface area contributed by atoms with Crippen molar-refractivity contribution >= 4 is 51.6 Å². The van der Waals surface area contributed by atoms with Gasteiger partial charge in [-0.1, -0.05) is 44.2 Å². The number of alkyl halides is 3. The molecule has 0 spiro atoms. The first-order chi connectivity index (χ1) is 31.2. The lowest BCUT2D eigenvalue weighted by Crippen LogP contribution is -2.50. The van der Waals surface area contributed by atoms with Crippen LogP contribution in [0.2, 0.25) is 0 Å². The number of hydrogen-bond donors (Lipinski definition) is 4. The van der Waals surface area contributed by atoms with Crippen LogP contribution in [-0.2, 0) is 27.6 Å². The second-order valence-electron chi connectivity index (χ2n) is 17.6. The highest BCUT2D eigenvalue weighted by molar-refractivity contribution is 6.01. The van der Waals surface area contributed by atoms with E-state index in [0.717, 1.165) is 88.6 Å². The highest BCUT2D eigenvalue weighted by Gasteiger charge is 2.32. The Bertz CT molecular complexity index is 2340. The maximum absolute atomic E-state index is 13.5. The summed E-state index contributed by atoms with van der Waals surface area (Å²) in [6.07, 6.45) is 6.00. The monoisotopic (exact) mass is 901 g/mol. The van der Waals surface area contributed by atoms with Gasteiger partial charge in [-0.3, -0.25) is 38.9 Å². The van der Waals surface area contributed by atoms with Crippen LogP contribution in [-0.4, -0.2) is 119 Å². The molecule has 3 aliphatic rings. The van der Waals surface area contributed by atoms with Crippen LogP contribution in [0.4, 0.5) is 36.1 Å². The number of nitrogens with one attached hydrogen (secondary N) is 3. The van der Waals surface area contributed by atoms with Crippen LogP contribution in [0.3, 0.4) is 0 Å². The van der Waals surface area contributed by atoms with Crippen molar-refractivity contribution in [1.29, 1.82) is 0 Å². The maximum atomic E-state index is 13.5. The fourth-order valence-corrected chi connectivity index (χ4v) is 9.10. The lowest BCUT2D eigenvalue weighted by molar-refractivity contribution is -0.138. The number of piperidine rings is 1. The molecule has 4 aromatic rings. The summed E-state index contributed by atoms with van der Waals surface area (Å²) in [7, 11) is 1.67. The van der Waals surface area contributed by atoms with Crippen molar-refractivity contribution in [2.45, 2.75) is 82.8 Å². The molecule has 2 aromatic heterocycles. The number of anilines is 4. The lowest BCUT2D eigenvalue weighted by Gasteiger charge is -2.36. The topological polar surface area (TPSA) is 174 Å². The summed E-state index contributed by atoms with van der Waals surface area (Å²) >= 11 is 0. The Labute approximate surface area is 377 Å². The first kappa shape index (κ1) is 47.2. The molecule has 0 radical (unpaired) electrons. The number of unbranched alkanes of at least 4 members (excludes halogenated alkanes) is 6. The number of fused-ring (bicyclic) bond motifs is 1. The Morgan fingerprint density at radius 3 is 2.11 bits per heavy atom. The van der Waals surface area contributed by atoms with E-state index < -0.39 is 17.8 Å². The number of nitrogens with two attached hydrogens (primary N) is 1. The molecular formula is C47H62F3N11O4.